The number of hydrogen-bond acceptors (Lipinski definition) is 4. The van der Waals surface area contributed by atoms with Crippen LogP contribution in [0.25, 0.3) is 0 Å². The summed E-state index contributed by atoms with van der Waals surface area (Å²) >= 11 is 0. The van der Waals surface area contributed by atoms with E-state index in [1.54, 1.807) is 6.92 Å². The minimum atomic E-state index is -3.85. The number of anilines is 1. The third-order valence-electron chi connectivity index (χ3n) is 2.88. The van der Waals surface area contributed by atoms with Crippen molar-refractivity contribution in [3.63, 3.8) is 0 Å². The second kappa shape index (κ2) is 5.91. The molecule has 0 amide bonds. The van der Waals surface area contributed by atoms with Gasteiger partial charge in [0.05, 0.1) is 16.3 Å². The van der Waals surface area contributed by atoms with Crippen molar-refractivity contribution in [2.24, 2.45) is 0 Å². The molecule has 0 aliphatic rings. The minimum Gasteiger partial charge on any atom is -0.283 e. The van der Waals surface area contributed by atoms with E-state index < -0.39 is 19.1 Å². The molecule has 1 aromatic rings. The van der Waals surface area contributed by atoms with Gasteiger partial charge in [-0.3, -0.25) is 4.72 Å². The Hall–Kier alpha value is -0.790. The predicted molar refractivity (Wildman–Crippen MR) is 81.4 cm³/mol. The number of sulfonamides is 1. The lowest BCUT2D eigenvalue weighted by Gasteiger charge is -2.18. The Morgan fingerprint density at radius 3 is 2.15 bits per heavy atom. The van der Waals surface area contributed by atoms with Gasteiger partial charge in [0.1, 0.15) is 0 Å². The fraction of sp³-hybridized carbons (Fsp3) is 0.500. The second-order valence-corrected chi connectivity index (χ2v) is 9.38. The molecule has 0 radical (unpaired) electrons. The highest BCUT2D eigenvalue weighted by Crippen LogP contribution is 2.32. The summed E-state index contributed by atoms with van der Waals surface area (Å²) in [5.41, 5.74) is 1.54. The van der Waals surface area contributed by atoms with Crippen LogP contribution in [0.4, 0.5) is 5.69 Å². The molecule has 0 aromatic heterocycles. The van der Waals surface area contributed by atoms with Gasteiger partial charge in [0.15, 0.2) is 0 Å². The SMILES string of the molecule is CCS(=O)(=O)Nc1c(C)cc(S(=O)(=O)Cl)cc1C(C)C. The Bertz CT molecular complexity index is 709. The zero-order valence-electron chi connectivity index (χ0n) is 11.8. The molecule has 0 saturated carbocycles. The maximum Gasteiger partial charge on any atom is 0.261 e. The lowest BCUT2D eigenvalue weighted by Crippen LogP contribution is -2.17. The molecule has 0 bridgehead atoms. The molecule has 8 heteroatoms. The van der Waals surface area contributed by atoms with Gasteiger partial charge in [0.2, 0.25) is 10.0 Å². The molecule has 1 N–H and O–H groups in total. The summed E-state index contributed by atoms with van der Waals surface area (Å²) in [5, 5.41) is 0. The van der Waals surface area contributed by atoms with Crippen molar-refractivity contribution in [3.05, 3.63) is 23.3 Å². The fourth-order valence-electron chi connectivity index (χ4n) is 1.74. The fourth-order valence-corrected chi connectivity index (χ4v) is 3.33. The van der Waals surface area contributed by atoms with Crippen LogP contribution in [-0.2, 0) is 19.1 Å². The van der Waals surface area contributed by atoms with E-state index in [-0.39, 0.29) is 16.6 Å². The number of aryl methyl sites for hydroxylation is 1. The number of hydrogen-bond donors (Lipinski definition) is 1. The van der Waals surface area contributed by atoms with Crippen LogP contribution in [0.15, 0.2) is 17.0 Å². The minimum absolute atomic E-state index is 0.0280. The van der Waals surface area contributed by atoms with Crippen molar-refractivity contribution >= 4 is 35.4 Å². The molecule has 0 unspecified atom stereocenters. The van der Waals surface area contributed by atoms with Gasteiger partial charge in [-0.15, -0.1) is 0 Å². The zero-order chi connectivity index (χ0) is 15.7. The molecule has 0 saturated heterocycles. The van der Waals surface area contributed by atoms with Crippen LogP contribution in [0.5, 0.6) is 0 Å². The van der Waals surface area contributed by atoms with Crippen molar-refractivity contribution in [1.82, 2.24) is 0 Å². The van der Waals surface area contributed by atoms with E-state index in [1.807, 2.05) is 13.8 Å². The Kier molecular flexibility index (Phi) is 5.10. The highest BCUT2D eigenvalue weighted by atomic mass is 35.7. The van der Waals surface area contributed by atoms with Gasteiger partial charge in [-0.1, -0.05) is 13.8 Å². The smallest absolute Gasteiger partial charge is 0.261 e. The molecule has 0 fully saturated rings. The molecule has 1 rings (SSSR count). The highest BCUT2D eigenvalue weighted by Gasteiger charge is 2.20. The molecule has 0 aliphatic heterocycles. The number of halogens is 1. The van der Waals surface area contributed by atoms with Gasteiger partial charge in [-0.25, -0.2) is 16.8 Å². The largest absolute Gasteiger partial charge is 0.283 e. The first-order valence-electron chi connectivity index (χ1n) is 6.07. The Morgan fingerprint density at radius 2 is 1.75 bits per heavy atom. The van der Waals surface area contributed by atoms with Crippen molar-refractivity contribution in [2.75, 3.05) is 10.5 Å². The van der Waals surface area contributed by atoms with Crippen molar-refractivity contribution < 1.29 is 16.8 Å². The maximum absolute atomic E-state index is 11.7. The van der Waals surface area contributed by atoms with Crippen LogP contribution in [0.2, 0.25) is 0 Å². The number of benzene rings is 1. The molecular formula is C12H18ClNO4S2. The van der Waals surface area contributed by atoms with Gasteiger partial charge >= 0.3 is 0 Å². The number of rotatable bonds is 5. The van der Waals surface area contributed by atoms with Crippen LogP contribution in [-0.4, -0.2) is 22.6 Å². The first-order chi connectivity index (χ1) is 8.98. The molecule has 20 heavy (non-hydrogen) atoms. The average molecular weight is 340 g/mol. The maximum atomic E-state index is 11.7. The van der Waals surface area contributed by atoms with Crippen molar-refractivity contribution in [3.8, 4) is 0 Å². The predicted octanol–water partition coefficient (Wildman–Crippen LogP) is 2.81. The monoisotopic (exact) mass is 339 g/mol. The second-order valence-electron chi connectivity index (χ2n) is 4.80. The first kappa shape index (κ1) is 17.3. The summed E-state index contributed by atoms with van der Waals surface area (Å²) in [6, 6.07) is 2.77. The van der Waals surface area contributed by atoms with E-state index in [4.69, 9.17) is 10.7 Å². The van der Waals surface area contributed by atoms with Crippen LogP contribution in [0.1, 0.15) is 37.8 Å². The summed E-state index contributed by atoms with van der Waals surface area (Å²) in [6.45, 7) is 6.88. The summed E-state index contributed by atoms with van der Waals surface area (Å²) in [6.07, 6.45) is 0. The van der Waals surface area contributed by atoms with Gasteiger partial charge in [-0.05, 0) is 43.0 Å². The molecule has 1 aromatic carbocycles. The molecule has 0 heterocycles. The lowest BCUT2D eigenvalue weighted by atomic mass is 9.99. The molecule has 5 nitrogen and oxygen atoms in total. The Morgan fingerprint density at radius 1 is 1.20 bits per heavy atom. The highest BCUT2D eigenvalue weighted by molar-refractivity contribution is 8.13. The van der Waals surface area contributed by atoms with Crippen molar-refractivity contribution in [1.29, 1.82) is 0 Å². The molecule has 114 valence electrons. The third kappa shape index (κ3) is 4.10. The van der Waals surface area contributed by atoms with Gasteiger partial charge in [0, 0.05) is 10.7 Å². The topological polar surface area (TPSA) is 80.3 Å². The van der Waals surface area contributed by atoms with E-state index in [0.717, 1.165) is 0 Å². The molecule has 0 atom stereocenters. The van der Waals surface area contributed by atoms with Crippen LogP contribution < -0.4 is 4.72 Å². The van der Waals surface area contributed by atoms with E-state index in [9.17, 15) is 16.8 Å². The Balaban J connectivity index is 3.54. The normalized spacial score (nSPS) is 12.7. The Labute approximate surface area is 124 Å². The molecular weight excluding hydrogens is 322 g/mol. The number of nitrogens with one attached hydrogen (secondary N) is 1. The molecule has 0 aliphatic carbocycles. The van der Waals surface area contributed by atoms with Gasteiger partial charge < -0.3 is 0 Å². The van der Waals surface area contributed by atoms with E-state index in [2.05, 4.69) is 4.72 Å². The van der Waals surface area contributed by atoms with Crippen LogP contribution in [0, 0.1) is 6.92 Å². The average Bonchev–Trinajstić information content (AvgIpc) is 2.29. The van der Waals surface area contributed by atoms with Crippen LogP contribution in [0.3, 0.4) is 0 Å². The van der Waals surface area contributed by atoms with Gasteiger partial charge in [-0.2, -0.15) is 0 Å². The van der Waals surface area contributed by atoms with Gasteiger partial charge in [0.25, 0.3) is 9.05 Å². The summed E-state index contributed by atoms with van der Waals surface area (Å²) < 4.78 is 48.8. The van der Waals surface area contributed by atoms with Crippen LogP contribution >= 0.6 is 10.7 Å². The van der Waals surface area contributed by atoms with E-state index in [0.29, 0.717) is 16.8 Å². The molecule has 0 spiro atoms. The summed E-state index contributed by atoms with van der Waals surface area (Å²) in [5.74, 6) is -0.110. The first-order valence-corrected chi connectivity index (χ1v) is 10.0. The van der Waals surface area contributed by atoms with Crippen molar-refractivity contribution in [2.45, 2.75) is 38.5 Å². The van der Waals surface area contributed by atoms with E-state index in [1.165, 1.54) is 19.1 Å². The summed E-state index contributed by atoms with van der Waals surface area (Å²) in [4.78, 5) is -0.0280. The standard InChI is InChI=1S/C12H18ClNO4S2/c1-5-19(15,16)14-12-9(4)6-10(20(13,17)18)7-11(12)8(2)3/h6-8,14H,5H2,1-4H3. The zero-order valence-corrected chi connectivity index (χ0v) is 14.2. The van der Waals surface area contributed by atoms with E-state index >= 15 is 0 Å². The quantitative estimate of drug-likeness (QED) is 0.836. The lowest BCUT2D eigenvalue weighted by molar-refractivity contribution is 0.602. The summed E-state index contributed by atoms with van der Waals surface area (Å²) in [7, 11) is -1.93. The third-order valence-corrected chi connectivity index (χ3v) is 5.49.